The Balaban J connectivity index is 1.31. The average Bonchev–Trinajstić information content (AvgIpc) is 3.38. The van der Waals surface area contributed by atoms with E-state index in [0.717, 1.165) is 40.8 Å². The maximum absolute atomic E-state index is 14.8. The van der Waals surface area contributed by atoms with E-state index in [0.29, 0.717) is 18.5 Å². The number of ether oxygens (including phenoxy) is 2. The largest absolute Gasteiger partial charge is 0.496 e. The zero-order valence-corrected chi connectivity index (χ0v) is 21.5. The molecule has 8 heteroatoms. The highest BCUT2D eigenvalue weighted by atomic mass is 19.1. The Hall–Kier alpha value is -3.78. The first-order valence-electron chi connectivity index (χ1n) is 12.9. The molecule has 1 aliphatic heterocycles. The number of rotatable bonds is 9. The van der Waals surface area contributed by atoms with Crippen molar-refractivity contribution in [3.05, 3.63) is 88.6 Å². The number of nitrogens with zero attached hydrogens (tertiary/aromatic N) is 1. The minimum Gasteiger partial charge on any atom is -0.496 e. The van der Waals surface area contributed by atoms with Crippen molar-refractivity contribution in [3.8, 4) is 11.5 Å². The third-order valence-corrected chi connectivity index (χ3v) is 7.46. The Morgan fingerprint density at radius 3 is 2.82 bits per heavy atom. The highest BCUT2D eigenvalue weighted by Crippen LogP contribution is 2.33. The van der Waals surface area contributed by atoms with Gasteiger partial charge < -0.3 is 14.8 Å². The lowest BCUT2D eigenvalue weighted by Crippen LogP contribution is -2.38. The first-order chi connectivity index (χ1) is 18.4. The van der Waals surface area contributed by atoms with Crippen molar-refractivity contribution in [1.82, 2.24) is 15.5 Å². The second-order valence-corrected chi connectivity index (χ2v) is 9.83. The molecule has 0 unspecified atom stereocenters. The van der Waals surface area contributed by atoms with Crippen LogP contribution in [0.2, 0.25) is 0 Å². The number of aryl methyl sites for hydroxylation is 1. The van der Waals surface area contributed by atoms with Crippen molar-refractivity contribution >= 4 is 16.7 Å². The fourth-order valence-electron chi connectivity index (χ4n) is 5.34. The number of hydrogen-bond donors (Lipinski definition) is 2. The van der Waals surface area contributed by atoms with Gasteiger partial charge in [0.1, 0.15) is 11.6 Å². The molecule has 1 aliphatic rings. The van der Waals surface area contributed by atoms with Gasteiger partial charge in [0.15, 0.2) is 17.3 Å². The Kier molecular flexibility index (Phi) is 7.69. The molecule has 5 rings (SSSR count). The van der Waals surface area contributed by atoms with Crippen LogP contribution in [0.5, 0.6) is 11.5 Å². The van der Waals surface area contributed by atoms with Crippen molar-refractivity contribution in [2.24, 2.45) is 5.92 Å². The standard InChI is InChI=1S/C30H31F2N3O3/c1-18-4-3-5-29(37-2)22(18)7-9-28(36)24-12-19(6-8-25(24)31)23-10-11-33-15-21(23)17-38-30-13-20-16-34-35-27(20)14-26(30)32/h3-6,8,12-14,16,21,23,33H,7,9-11,15,17H2,1-2H3,(H,34,35)/t21-,23-/m0/s1. The quantitative estimate of drug-likeness (QED) is 0.276. The van der Waals surface area contributed by atoms with Crippen molar-refractivity contribution in [1.29, 1.82) is 0 Å². The number of hydrogen-bond acceptors (Lipinski definition) is 5. The molecular formula is C30H31F2N3O3. The summed E-state index contributed by atoms with van der Waals surface area (Å²) in [7, 11) is 1.60. The maximum Gasteiger partial charge on any atom is 0.167 e. The van der Waals surface area contributed by atoms with E-state index < -0.39 is 11.6 Å². The van der Waals surface area contributed by atoms with E-state index in [1.54, 1.807) is 31.5 Å². The smallest absolute Gasteiger partial charge is 0.167 e. The van der Waals surface area contributed by atoms with Gasteiger partial charge in [-0.3, -0.25) is 9.89 Å². The number of halogens is 2. The van der Waals surface area contributed by atoms with Crippen LogP contribution >= 0.6 is 0 Å². The van der Waals surface area contributed by atoms with Crippen molar-refractivity contribution in [2.75, 3.05) is 26.8 Å². The zero-order valence-electron chi connectivity index (χ0n) is 21.5. The van der Waals surface area contributed by atoms with Crippen LogP contribution in [0.3, 0.4) is 0 Å². The third-order valence-electron chi connectivity index (χ3n) is 7.46. The SMILES string of the molecule is COc1cccc(C)c1CCC(=O)c1cc([C@@H]2CCNC[C@H]2COc2cc3cn[nH]c3cc2F)ccc1F. The van der Waals surface area contributed by atoms with Gasteiger partial charge in [-0.25, -0.2) is 8.78 Å². The van der Waals surface area contributed by atoms with Crippen LogP contribution in [0.25, 0.3) is 10.9 Å². The highest BCUT2D eigenvalue weighted by molar-refractivity contribution is 5.96. The number of H-pyrrole nitrogens is 1. The number of carbonyl (C=O) groups is 1. The van der Waals surface area contributed by atoms with Gasteiger partial charge in [0, 0.05) is 30.3 Å². The van der Waals surface area contributed by atoms with Gasteiger partial charge >= 0.3 is 0 Å². The monoisotopic (exact) mass is 519 g/mol. The fourth-order valence-corrected chi connectivity index (χ4v) is 5.34. The molecule has 6 nitrogen and oxygen atoms in total. The predicted octanol–water partition coefficient (Wildman–Crippen LogP) is 5.75. The van der Waals surface area contributed by atoms with Crippen molar-refractivity contribution < 1.29 is 23.0 Å². The Morgan fingerprint density at radius 2 is 1.97 bits per heavy atom. The average molecular weight is 520 g/mol. The van der Waals surface area contributed by atoms with Crippen molar-refractivity contribution in [3.63, 3.8) is 0 Å². The van der Waals surface area contributed by atoms with E-state index in [-0.39, 0.29) is 42.0 Å². The number of carbonyl (C=O) groups excluding carboxylic acids is 1. The molecule has 2 N–H and O–H groups in total. The minimum absolute atomic E-state index is 0.0211. The van der Waals surface area contributed by atoms with Gasteiger partial charge in [-0.1, -0.05) is 18.2 Å². The van der Waals surface area contributed by atoms with Gasteiger partial charge in [0.25, 0.3) is 0 Å². The van der Waals surface area contributed by atoms with Crippen LogP contribution in [0.1, 0.15) is 45.8 Å². The van der Waals surface area contributed by atoms with E-state index in [4.69, 9.17) is 9.47 Å². The number of piperidine rings is 1. The van der Waals surface area contributed by atoms with Gasteiger partial charge in [0.2, 0.25) is 0 Å². The molecule has 0 amide bonds. The molecule has 3 aromatic carbocycles. The lowest BCUT2D eigenvalue weighted by Gasteiger charge is -2.32. The van der Waals surface area contributed by atoms with E-state index in [1.807, 2.05) is 25.1 Å². The molecule has 0 aliphatic carbocycles. The number of aromatic nitrogens is 2. The molecule has 1 aromatic heterocycles. The molecule has 2 atom stereocenters. The molecule has 2 heterocycles. The highest BCUT2D eigenvalue weighted by Gasteiger charge is 2.29. The molecule has 4 aromatic rings. The minimum atomic E-state index is -0.521. The topological polar surface area (TPSA) is 76.2 Å². The molecule has 0 spiro atoms. The maximum atomic E-state index is 14.8. The lowest BCUT2D eigenvalue weighted by atomic mass is 9.80. The summed E-state index contributed by atoms with van der Waals surface area (Å²) >= 11 is 0. The van der Waals surface area contributed by atoms with Crippen LogP contribution in [0.4, 0.5) is 8.78 Å². The number of aromatic amines is 1. The van der Waals surface area contributed by atoms with Crippen LogP contribution in [-0.4, -0.2) is 42.8 Å². The first kappa shape index (κ1) is 25.9. The van der Waals surface area contributed by atoms with Gasteiger partial charge in [-0.2, -0.15) is 5.10 Å². The molecule has 1 fully saturated rings. The summed E-state index contributed by atoms with van der Waals surface area (Å²) in [5.74, 6) is -0.257. The van der Waals surface area contributed by atoms with Gasteiger partial charge in [-0.05, 0) is 73.2 Å². The first-order valence-corrected chi connectivity index (χ1v) is 12.9. The second-order valence-electron chi connectivity index (χ2n) is 9.83. The van der Waals surface area contributed by atoms with E-state index in [2.05, 4.69) is 15.5 Å². The van der Waals surface area contributed by atoms with Crippen LogP contribution in [0, 0.1) is 24.5 Å². The number of Topliss-reactive ketones (excluding diaryl/α,β-unsaturated/α-hetero) is 1. The van der Waals surface area contributed by atoms with Crippen molar-refractivity contribution in [2.45, 2.75) is 32.1 Å². The summed E-state index contributed by atoms with van der Waals surface area (Å²) in [6.45, 7) is 3.73. The summed E-state index contributed by atoms with van der Waals surface area (Å²) in [5.41, 5.74) is 3.59. The zero-order chi connectivity index (χ0) is 26.6. The number of nitrogens with one attached hydrogen (secondary N) is 2. The summed E-state index contributed by atoms with van der Waals surface area (Å²) < 4.78 is 40.7. The predicted molar refractivity (Wildman–Crippen MR) is 142 cm³/mol. The fraction of sp³-hybridized carbons (Fsp3) is 0.333. The molecule has 198 valence electrons. The Bertz CT molecular complexity index is 1450. The number of benzene rings is 3. The summed E-state index contributed by atoms with van der Waals surface area (Å²) in [4.78, 5) is 13.1. The van der Waals surface area contributed by atoms with Crippen LogP contribution < -0.4 is 14.8 Å². The Morgan fingerprint density at radius 1 is 1.11 bits per heavy atom. The number of methoxy groups -OCH3 is 1. The molecular weight excluding hydrogens is 488 g/mol. The normalized spacial score (nSPS) is 17.5. The molecule has 1 saturated heterocycles. The molecule has 0 bridgehead atoms. The van der Waals surface area contributed by atoms with E-state index >= 15 is 0 Å². The Labute approximate surface area is 220 Å². The van der Waals surface area contributed by atoms with E-state index in [9.17, 15) is 13.6 Å². The lowest BCUT2D eigenvalue weighted by molar-refractivity contribution is 0.0978. The van der Waals surface area contributed by atoms with Crippen LogP contribution in [-0.2, 0) is 6.42 Å². The molecule has 0 radical (unpaired) electrons. The summed E-state index contributed by atoms with van der Waals surface area (Å²) in [6.07, 6.45) is 3.07. The number of fused-ring (bicyclic) bond motifs is 1. The van der Waals surface area contributed by atoms with Crippen LogP contribution in [0.15, 0.2) is 54.7 Å². The molecule has 38 heavy (non-hydrogen) atoms. The summed E-state index contributed by atoms with van der Waals surface area (Å²) in [5, 5.41) is 10.8. The van der Waals surface area contributed by atoms with Gasteiger partial charge in [-0.15, -0.1) is 0 Å². The van der Waals surface area contributed by atoms with Gasteiger partial charge in [0.05, 0.1) is 31.0 Å². The third kappa shape index (κ3) is 5.41. The molecule has 0 saturated carbocycles. The van der Waals surface area contributed by atoms with E-state index in [1.165, 1.54) is 12.1 Å². The number of ketones is 1. The summed E-state index contributed by atoms with van der Waals surface area (Å²) in [6, 6.07) is 13.6. The second kappa shape index (κ2) is 11.3.